The van der Waals surface area contributed by atoms with Crippen molar-refractivity contribution in [3.63, 3.8) is 0 Å². The zero-order valence-electron chi connectivity index (χ0n) is 21.0. The minimum absolute atomic E-state index is 0.0222. The van der Waals surface area contributed by atoms with Gasteiger partial charge in [0.1, 0.15) is 5.82 Å². The second-order valence-electron chi connectivity index (χ2n) is 8.64. The fourth-order valence-electron chi connectivity index (χ4n) is 4.34. The van der Waals surface area contributed by atoms with Crippen molar-refractivity contribution < 1.29 is 14.0 Å². The Kier molecular flexibility index (Phi) is 8.62. The number of hydrogen-bond acceptors (Lipinski definition) is 5. The van der Waals surface area contributed by atoms with E-state index in [0.717, 1.165) is 29.4 Å². The van der Waals surface area contributed by atoms with Gasteiger partial charge in [-0.1, -0.05) is 73.3 Å². The Morgan fingerprint density at radius 2 is 1.68 bits per heavy atom. The van der Waals surface area contributed by atoms with Crippen LogP contribution in [-0.4, -0.2) is 17.6 Å². The summed E-state index contributed by atoms with van der Waals surface area (Å²) in [6.45, 7) is 3.72. The summed E-state index contributed by atoms with van der Waals surface area (Å²) < 4.78 is 15.1. The SMILES string of the molecule is CCc1ccccc1NC(=O)CSC1=C(C#N)C(c2ccccc2F)C(C(=O)Nc2ccccc2)=C(C)N1. The van der Waals surface area contributed by atoms with Gasteiger partial charge < -0.3 is 16.0 Å². The van der Waals surface area contributed by atoms with Gasteiger partial charge in [0, 0.05) is 28.2 Å². The highest BCUT2D eigenvalue weighted by molar-refractivity contribution is 8.03. The van der Waals surface area contributed by atoms with Gasteiger partial charge in [-0.3, -0.25) is 9.59 Å². The van der Waals surface area contributed by atoms with Crippen molar-refractivity contribution in [1.82, 2.24) is 5.32 Å². The highest BCUT2D eigenvalue weighted by atomic mass is 32.2. The van der Waals surface area contributed by atoms with Crippen LogP contribution in [0.2, 0.25) is 0 Å². The number of carbonyl (C=O) groups is 2. The highest BCUT2D eigenvalue weighted by Crippen LogP contribution is 2.41. The van der Waals surface area contributed by atoms with Crippen molar-refractivity contribution in [3.8, 4) is 6.07 Å². The molecule has 8 heteroatoms. The lowest BCUT2D eigenvalue weighted by molar-refractivity contribution is -0.114. The molecule has 0 aromatic heterocycles. The maximum atomic E-state index is 15.1. The number of nitriles is 1. The van der Waals surface area contributed by atoms with Crippen molar-refractivity contribution in [2.45, 2.75) is 26.2 Å². The Morgan fingerprint density at radius 1 is 1.00 bits per heavy atom. The molecule has 1 heterocycles. The number of nitrogens with zero attached hydrogens (tertiary/aromatic N) is 1. The molecular weight excluding hydrogens is 499 g/mol. The van der Waals surface area contributed by atoms with Gasteiger partial charge in [-0.15, -0.1) is 0 Å². The van der Waals surface area contributed by atoms with Gasteiger partial charge in [-0.25, -0.2) is 4.39 Å². The highest BCUT2D eigenvalue weighted by Gasteiger charge is 2.36. The van der Waals surface area contributed by atoms with Crippen molar-refractivity contribution in [2.24, 2.45) is 0 Å². The number of para-hydroxylation sites is 2. The van der Waals surface area contributed by atoms with Crippen molar-refractivity contribution >= 4 is 35.0 Å². The van der Waals surface area contributed by atoms with E-state index >= 15 is 4.39 Å². The molecule has 38 heavy (non-hydrogen) atoms. The molecule has 3 aromatic rings. The number of rotatable bonds is 8. The van der Waals surface area contributed by atoms with Crippen LogP contribution in [0.1, 0.15) is 30.9 Å². The predicted octanol–water partition coefficient (Wildman–Crippen LogP) is 6.09. The third-order valence-electron chi connectivity index (χ3n) is 6.16. The van der Waals surface area contributed by atoms with Crippen LogP contribution >= 0.6 is 11.8 Å². The molecule has 2 amide bonds. The van der Waals surface area contributed by atoms with Crippen molar-refractivity contribution in [2.75, 3.05) is 16.4 Å². The first-order valence-corrected chi connectivity index (χ1v) is 13.1. The van der Waals surface area contributed by atoms with Gasteiger partial charge in [-0.05, 0) is 43.2 Å². The summed E-state index contributed by atoms with van der Waals surface area (Å²) in [6, 6.07) is 24.8. The maximum absolute atomic E-state index is 15.1. The molecule has 0 saturated heterocycles. The monoisotopic (exact) mass is 526 g/mol. The molecular formula is C30H27FN4O2S. The fourth-order valence-corrected chi connectivity index (χ4v) is 5.23. The van der Waals surface area contributed by atoms with E-state index < -0.39 is 17.6 Å². The molecule has 1 aliphatic rings. The summed E-state index contributed by atoms with van der Waals surface area (Å²) >= 11 is 1.14. The molecule has 0 aliphatic carbocycles. The first kappa shape index (κ1) is 26.7. The summed E-state index contributed by atoms with van der Waals surface area (Å²) in [4.78, 5) is 26.2. The Labute approximate surface area is 225 Å². The van der Waals surface area contributed by atoms with Crippen LogP contribution in [0.15, 0.2) is 101 Å². The second-order valence-corrected chi connectivity index (χ2v) is 9.63. The zero-order chi connectivity index (χ0) is 27.1. The van der Waals surface area contributed by atoms with E-state index in [1.807, 2.05) is 37.3 Å². The molecule has 1 unspecified atom stereocenters. The van der Waals surface area contributed by atoms with Crippen molar-refractivity contribution in [3.05, 3.63) is 118 Å². The Morgan fingerprint density at radius 3 is 2.39 bits per heavy atom. The van der Waals surface area contributed by atoms with Crippen LogP contribution < -0.4 is 16.0 Å². The van der Waals surface area contributed by atoms with Crippen LogP contribution in [0.4, 0.5) is 15.8 Å². The number of amides is 2. The van der Waals surface area contributed by atoms with Gasteiger partial charge in [-0.2, -0.15) is 5.26 Å². The van der Waals surface area contributed by atoms with Gasteiger partial charge in [0.25, 0.3) is 5.91 Å². The molecule has 1 aliphatic heterocycles. The normalized spacial score (nSPS) is 14.9. The Hall–Kier alpha value is -4.35. The van der Waals surface area contributed by atoms with Gasteiger partial charge >= 0.3 is 0 Å². The molecule has 3 N–H and O–H groups in total. The molecule has 0 spiro atoms. The fraction of sp³-hybridized carbons (Fsp3) is 0.167. The average Bonchev–Trinajstić information content (AvgIpc) is 2.92. The average molecular weight is 527 g/mol. The number of nitrogens with one attached hydrogen (secondary N) is 3. The van der Waals surface area contributed by atoms with E-state index in [-0.39, 0.29) is 28.4 Å². The van der Waals surface area contributed by atoms with E-state index in [2.05, 4.69) is 22.0 Å². The van der Waals surface area contributed by atoms with Gasteiger partial charge in [0.2, 0.25) is 5.91 Å². The Balaban J connectivity index is 1.64. The summed E-state index contributed by atoms with van der Waals surface area (Å²) in [7, 11) is 0. The largest absolute Gasteiger partial charge is 0.353 e. The van der Waals surface area contributed by atoms with Gasteiger partial charge in [0.05, 0.1) is 28.3 Å². The lowest BCUT2D eigenvalue weighted by atomic mass is 9.82. The number of hydrogen-bond donors (Lipinski definition) is 3. The maximum Gasteiger partial charge on any atom is 0.254 e. The number of benzene rings is 3. The number of halogens is 1. The van der Waals surface area contributed by atoms with Crippen molar-refractivity contribution in [1.29, 1.82) is 5.26 Å². The van der Waals surface area contributed by atoms with E-state index in [0.29, 0.717) is 16.4 Å². The molecule has 192 valence electrons. The van der Waals surface area contributed by atoms with Crippen LogP contribution in [0, 0.1) is 17.1 Å². The summed E-state index contributed by atoms with van der Waals surface area (Å²) in [5.74, 6) is -2.13. The lowest BCUT2D eigenvalue weighted by Gasteiger charge is -2.30. The van der Waals surface area contributed by atoms with E-state index in [1.165, 1.54) is 6.07 Å². The van der Waals surface area contributed by atoms with E-state index in [9.17, 15) is 14.9 Å². The number of aryl methyl sites for hydroxylation is 1. The third kappa shape index (κ3) is 5.96. The zero-order valence-corrected chi connectivity index (χ0v) is 21.9. The summed E-state index contributed by atoms with van der Waals surface area (Å²) in [6.07, 6.45) is 0.775. The molecule has 0 saturated carbocycles. The van der Waals surface area contributed by atoms with Crippen LogP contribution in [0.25, 0.3) is 0 Å². The quantitative estimate of drug-likeness (QED) is 0.330. The molecule has 0 fully saturated rings. The topological polar surface area (TPSA) is 94.0 Å². The molecule has 3 aromatic carbocycles. The van der Waals surface area contributed by atoms with E-state index in [4.69, 9.17) is 0 Å². The standard InChI is InChI=1S/C30H27FN4O2S/c1-3-20-11-7-10-16-25(20)35-26(36)18-38-30-23(17-32)28(22-14-8-9-15-24(22)31)27(19(2)33-30)29(37)34-21-12-5-4-6-13-21/h4-16,28,33H,3,18H2,1-2H3,(H,34,37)(H,35,36). The molecule has 4 rings (SSSR count). The summed E-state index contributed by atoms with van der Waals surface area (Å²) in [5, 5.41) is 19.5. The number of thioether (sulfide) groups is 1. The minimum Gasteiger partial charge on any atom is -0.353 e. The summed E-state index contributed by atoms with van der Waals surface area (Å²) in [5.41, 5.74) is 3.44. The number of anilines is 2. The van der Waals surface area contributed by atoms with Gasteiger partial charge in [0.15, 0.2) is 0 Å². The lowest BCUT2D eigenvalue weighted by Crippen LogP contribution is -2.31. The molecule has 0 bridgehead atoms. The smallest absolute Gasteiger partial charge is 0.254 e. The molecule has 0 radical (unpaired) electrons. The van der Waals surface area contributed by atoms with E-state index in [1.54, 1.807) is 49.4 Å². The number of dihydropyridines is 1. The second kappa shape index (κ2) is 12.3. The van der Waals surface area contributed by atoms with Crippen LogP contribution in [-0.2, 0) is 16.0 Å². The number of carbonyl (C=O) groups excluding carboxylic acids is 2. The van der Waals surface area contributed by atoms with Crippen LogP contribution in [0.5, 0.6) is 0 Å². The van der Waals surface area contributed by atoms with Crippen LogP contribution in [0.3, 0.4) is 0 Å². The minimum atomic E-state index is -0.947. The number of allylic oxidation sites excluding steroid dienone is 2. The third-order valence-corrected chi connectivity index (χ3v) is 7.18. The first-order chi connectivity index (χ1) is 18.4. The Bertz CT molecular complexity index is 1460. The molecule has 1 atom stereocenters. The molecule has 6 nitrogen and oxygen atoms in total. The first-order valence-electron chi connectivity index (χ1n) is 12.2. The predicted molar refractivity (Wildman–Crippen MR) is 150 cm³/mol.